The highest BCUT2D eigenvalue weighted by molar-refractivity contribution is 5.79. The number of carboxylic acid groups (broad SMARTS) is 1. The van der Waals surface area contributed by atoms with E-state index in [4.69, 9.17) is 5.11 Å². The van der Waals surface area contributed by atoms with Crippen LogP contribution in [-0.4, -0.2) is 11.1 Å². The molecule has 0 unspecified atom stereocenters. The van der Waals surface area contributed by atoms with Gasteiger partial charge in [-0.2, -0.15) is 0 Å². The molecule has 2 heteroatoms. The van der Waals surface area contributed by atoms with Gasteiger partial charge in [0.05, 0.1) is 0 Å². The molecule has 0 aromatic heterocycles. The fourth-order valence-electron chi connectivity index (χ4n) is 0.513. The predicted octanol–water partition coefficient (Wildman–Crippen LogP) is 2.06. The summed E-state index contributed by atoms with van der Waals surface area (Å²) in [7, 11) is 0. The maximum atomic E-state index is 10.00. The molecule has 58 valence electrons. The summed E-state index contributed by atoms with van der Waals surface area (Å²) in [6.45, 7) is 6.21. The zero-order chi connectivity index (χ0) is 8.20. The molecule has 0 amide bonds. The minimum atomic E-state index is -0.871. The highest BCUT2D eigenvalue weighted by Gasteiger charge is 2.06. The van der Waals surface area contributed by atoms with Gasteiger partial charge in [-0.1, -0.05) is 26.8 Å². The Hall–Kier alpha value is -0.790. The van der Waals surface area contributed by atoms with Crippen LogP contribution in [0.1, 0.15) is 27.2 Å². The molecule has 0 radical (unpaired) electrons. The Balaban J connectivity index is 3.64. The average molecular weight is 142 g/mol. The molecule has 10 heavy (non-hydrogen) atoms. The van der Waals surface area contributed by atoms with Crippen LogP contribution in [0, 0.1) is 5.41 Å². The van der Waals surface area contributed by atoms with Crippen LogP contribution in [0.4, 0.5) is 0 Å². The summed E-state index contributed by atoms with van der Waals surface area (Å²) < 4.78 is 0. The Bertz CT molecular complexity index is 140. The van der Waals surface area contributed by atoms with Gasteiger partial charge in [0.1, 0.15) is 0 Å². The van der Waals surface area contributed by atoms with Crippen molar-refractivity contribution in [3.8, 4) is 0 Å². The smallest absolute Gasteiger partial charge is 0.327 e. The van der Waals surface area contributed by atoms with E-state index in [2.05, 4.69) is 20.8 Å². The Morgan fingerprint density at radius 1 is 1.50 bits per heavy atom. The monoisotopic (exact) mass is 142 g/mol. The molecule has 0 aromatic carbocycles. The number of aliphatic carboxylic acids is 1. The van der Waals surface area contributed by atoms with Crippen LogP contribution in [-0.2, 0) is 4.79 Å². The second kappa shape index (κ2) is 3.40. The maximum Gasteiger partial charge on any atom is 0.327 e. The van der Waals surface area contributed by atoms with Gasteiger partial charge < -0.3 is 5.11 Å². The molecule has 0 aromatic rings. The van der Waals surface area contributed by atoms with E-state index in [1.54, 1.807) is 6.08 Å². The average Bonchev–Trinajstić information content (AvgIpc) is 1.59. The number of carboxylic acids is 1. The summed E-state index contributed by atoms with van der Waals surface area (Å²) >= 11 is 0. The van der Waals surface area contributed by atoms with Gasteiger partial charge in [-0.05, 0) is 11.8 Å². The summed E-state index contributed by atoms with van der Waals surface area (Å²) in [5.74, 6) is -0.871. The van der Waals surface area contributed by atoms with Crippen molar-refractivity contribution in [1.82, 2.24) is 0 Å². The van der Waals surface area contributed by atoms with Gasteiger partial charge in [0, 0.05) is 6.08 Å². The summed E-state index contributed by atoms with van der Waals surface area (Å²) in [5.41, 5.74) is 0.186. The van der Waals surface area contributed by atoms with Crippen LogP contribution >= 0.6 is 0 Å². The minimum absolute atomic E-state index is 0.186. The van der Waals surface area contributed by atoms with Crippen LogP contribution < -0.4 is 0 Å². The van der Waals surface area contributed by atoms with Gasteiger partial charge in [-0.3, -0.25) is 0 Å². The molecule has 0 saturated heterocycles. The zero-order valence-corrected chi connectivity index (χ0v) is 6.72. The fraction of sp³-hybridized carbons (Fsp3) is 0.625. The van der Waals surface area contributed by atoms with Crippen LogP contribution in [0.2, 0.25) is 0 Å². The van der Waals surface area contributed by atoms with E-state index >= 15 is 0 Å². The summed E-state index contributed by atoms with van der Waals surface area (Å²) in [6, 6.07) is 0. The van der Waals surface area contributed by atoms with Crippen LogP contribution in [0.3, 0.4) is 0 Å². The van der Waals surface area contributed by atoms with Gasteiger partial charge in [0.2, 0.25) is 0 Å². The topological polar surface area (TPSA) is 37.3 Å². The molecule has 0 rings (SSSR count). The summed E-state index contributed by atoms with van der Waals surface area (Å²) in [5, 5.41) is 8.22. The maximum absolute atomic E-state index is 10.00. The minimum Gasteiger partial charge on any atom is -0.478 e. The number of carbonyl (C=O) groups is 1. The first kappa shape index (κ1) is 9.21. The third kappa shape index (κ3) is 7.21. The Labute approximate surface area is 61.6 Å². The van der Waals surface area contributed by atoms with Crippen molar-refractivity contribution < 1.29 is 9.90 Å². The molecule has 2 nitrogen and oxygen atoms in total. The highest BCUT2D eigenvalue weighted by Crippen LogP contribution is 2.18. The molecule has 0 heterocycles. The van der Waals surface area contributed by atoms with Crippen molar-refractivity contribution in [2.75, 3.05) is 0 Å². The normalized spacial score (nSPS) is 12.3. The number of allylic oxidation sites excluding steroid dienone is 1. The first-order valence-electron chi connectivity index (χ1n) is 3.31. The molecule has 0 aliphatic carbocycles. The molecule has 0 bridgehead atoms. The van der Waals surface area contributed by atoms with Crippen LogP contribution in [0.25, 0.3) is 0 Å². The molecule has 0 atom stereocenters. The van der Waals surface area contributed by atoms with Gasteiger partial charge >= 0.3 is 5.97 Å². The lowest BCUT2D eigenvalue weighted by Crippen LogP contribution is -2.02. The predicted molar refractivity (Wildman–Crippen MR) is 40.8 cm³/mol. The summed E-state index contributed by atoms with van der Waals surface area (Å²) in [4.78, 5) is 10.00. The lowest BCUT2D eigenvalue weighted by Gasteiger charge is -2.13. The second-order valence-corrected chi connectivity index (χ2v) is 3.51. The highest BCUT2D eigenvalue weighted by atomic mass is 16.4. The third-order valence-corrected chi connectivity index (χ3v) is 0.991. The molecular weight excluding hydrogens is 128 g/mol. The summed E-state index contributed by atoms with van der Waals surface area (Å²) in [6.07, 6.45) is 3.67. The standard InChI is InChI=1S/C8H14O2/c1-8(2,3)6-4-5-7(9)10/h4-5H,6H2,1-3H3,(H,9,10)/b5-4+. The third-order valence-electron chi connectivity index (χ3n) is 0.991. The fourth-order valence-corrected chi connectivity index (χ4v) is 0.513. The Kier molecular flexibility index (Phi) is 3.13. The lowest BCUT2D eigenvalue weighted by atomic mass is 9.92. The van der Waals surface area contributed by atoms with Gasteiger partial charge in [-0.25, -0.2) is 4.79 Å². The van der Waals surface area contributed by atoms with Crippen molar-refractivity contribution in [2.45, 2.75) is 27.2 Å². The molecular formula is C8H14O2. The van der Waals surface area contributed by atoms with Crippen LogP contribution in [0.15, 0.2) is 12.2 Å². The molecule has 0 aliphatic rings. The van der Waals surface area contributed by atoms with E-state index in [0.29, 0.717) is 0 Å². The van der Waals surface area contributed by atoms with E-state index in [0.717, 1.165) is 6.42 Å². The number of rotatable bonds is 2. The van der Waals surface area contributed by atoms with Gasteiger partial charge in [0.15, 0.2) is 0 Å². The van der Waals surface area contributed by atoms with Gasteiger partial charge in [-0.15, -0.1) is 0 Å². The van der Waals surface area contributed by atoms with Crippen molar-refractivity contribution >= 4 is 5.97 Å². The van der Waals surface area contributed by atoms with Crippen molar-refractivity contribution in [1.29, 1.82) is 0 Å². The SMILES string of the molecule is CC(C)(C)C/C=C/C(=O)O. The Morgan fingerprint density at radius 3 is 2.30 bits per heavy atom. The van der Waals surface area contributed by atoms with Crippen molar-refractivity contribution in [3.63, 3.8) is 0 Å². The van der Waals surface area contributed by atoms with E-state index in [1.165, 1.54) is 6.08 Å². The zero-order valence-electron chi connectivity index (χ0n) is 6.72. The van der Waals surface area contributed by atoms with Gasteiger partial charge in [0.25, 0.3) is 0 Å². The first-order chi connectivity index (χ1) is 4.42. The second-order valence-electron chi connectivity index (χ2n) is 3.51. The van der Waals surface area contributed by atoms with Crippen LogP contribution in [0.5, 0.6) is 0 Å². The molecule has 0 spiro atoms. The molecule has 0 aliphatic heterocycles. The van der Waals surface area contributed by atoms with E-state index in [9.17, 15) is 4.79 Å². The van der Waals surface area contributed by atoms with Crippen molar-refractivity contribution in [2.24, 2.45) is 5.41 Å². The largest absolute Gasteiger partial charge is 0.478 e. The van der Waals surface area contributed by atoms with E-state index in [1.807, 2.05) is 0 Å². The number of hydrogen-bond donors (Lipinski definition) is 1. The lowest BCUT2D eigenvalue weighted by molar-refractivity contribution is -0.131. The Morgan fingerprint density at radius 2 is 2.00 bits per heavy atom. The van der Waals surface area contributed by atoms with E-state index < -0.39 is 5.97 Å². The quantitative estimate of drug-likeness (QED) is 0.599. The van der Waals surface area contributed by atoms with Crippen molar-refractivity contribution in [3.05, 3.63) is 12.2 Å². The molecule has 0 saturated carbocycles. The number of hydrogen-bond acceptors (Lipinski definition) is 1. The van der Waals surface area contributed by atoms with E-state index in [-0.39, 0.29) is 5.41 Å². The molecule has 0 fully saturated rings. The first-order valence-corrected chi connectivity index (χ1v) is 3.31. The molecule has 1 N–H and O–H groups in total.